The Hall–Kier alpha value is -3.12. The number of halogens is 1. The number of allylic oxidation sites excluding steroid dienone is 1. The fourth-order valence-electron chi connectivity index (χ4n) is 7.57. The summed E-state index contributed by atoms with van der Waals surface area (Å²) < 4.78 is 31.3. The van der Waals surface area contributed by atoms with Crippen molar-refractivity contribution in [2.45, 2.75) is 91.1 Å². The number of amides is 1. The Labute approximate surface area is 318 Å². The van der Waals surface area contributed by atoms with Crippen LogP contribution in [0, 0.1) is 18.8 Å². The number of fused-ring (bicyclic) bond motifs is 3. The van der Waals surface area contributed by atoms with Crippen LogP contribution in [-0.4, -0.2) is 70.5 Å². The summed E-state index contributed by atoms with van der Waals surface area (Å²) in [6.07, 6.45) is 8.76. The molecular formula is C40H53ClN4O5S2. The van der Waals surface area contributed by atoms with Gasteiger partial charge in [0.05, 0.1) is 33.9 Å². The number of Topliss-reactive ketones (excluding diaryl/α,β-unsaturated/α-hetero) is 1. The molecule has 3 aliphatic rings. The Bertz CT molecular complexity index is 1890. The van der Waals surface area contributed by atoms with Gasteiger partial charge in [0, 0.05) is 54.8 Å². The van der Waals surface area contributed by atoms with Gasteiger partial charge in [0.2, 0.25) is 0 Å². The second kappa shape index (κ2) is 17.8. The molecule has 2 aromatic carbocycles. The van der Waals surface area contributed by atoms with Crippen LogP contribution < -0.4 is 9.64 Å². The van der Waals surface area contributed by atoms with Crippen molar-refractivity contribution in [2.24, 2.45) is 16.2 Å². The van der Waals surface area contributed by atoms with Gasteiger partial charge in [0.25, 0.3) is 5.91 Å². The molecule has 0 radical (unpaired) electrons. The summed E-state index contributed by atoms with van der Waals surface area (Å²) in [7, 11) is -1.44. The maximum atomic E-state index is 14.3. The minimum atomic E-state index is -3.18. The molecule has 0 N–H and O–H groups in total. The number of aromatic nitrogens is 2. The number of hydrogen-bond acceptors (Lipinski definition) is 9. The maximum absolute atomic E-state index is 14.3. The first-order valence-electron chi connectivity index (χ1n) is 18.6. The van der Waals surface area contributed by atoms with Crippen LogP contribution in [0.25, 0.3) is 0 Å². The fraction of sp³-hybridized carbons (Fsp3) is 0.550. The first kappa shape index (κ1) is 40.1. The number of rotatable bonds is 6. The third-order valence-corrected chi connectivity index (χ3v) is 13.8. The van der Waals surface area contributed by atoms with Crippen molar-refractivity contribution in [3.8, 4) is 5.75 Å². The fourth-order valence-corrected chi connectivity index (χ4v) is 10.4. The van der Waals surface area contributed by atoms with E-state index in [4.69, 9.17) is 21.1 Å². The zero-order valence-corrected chi connectivity index (χ0v) is 33.7. The Morgan fingerprint density at radius 2 is 1.96 bits per heavy atom. The lowest BCUT2D eigenvalue weighted by atomic mass is 9.70. The molecule has 0 saturated carbocycles. The van der Waals surface area contributed by atoms with E-state index in [1.54, 1.807) is 13.2 Å². The molecule has 3 heterocycles. The first-order chi connectivity index (χ1) is 25.0. The van der Waals surface area contributed by atoms with Crippen molar-refractivity contribution in [2.75, 3.05) is 43.2 Å². The normalized spacial score (nSPS) is 26.9. The van der Waals surface area contributed by atoms with E-state index in [-0.39, 0.29) is 47.1 Å². The quantitative estimate of drug-likeness (QED) is 0.230. The number of ether oxygens (including phenoxy) is 2. The minimum absolute atomic E-state index is 0.111. The van der Waals surface area contributed by atoms with Crippen molar-refractivity contribution in [3.05, 3.63) is 80.3 Å². The molecule has 0 saturated heterocycles. The van der Waals surface area contributed by atoms with Crippen LogP contribution in [0.2, 0.25) is 5.02 Å². The van der Waals surface area contributed by atoms with Crippen LogP contribution in [0.5, 0.6) is 5.75 Å². The van der Waals surface area contributed by atoms with Gasteiger partial charge in [-0.1, -0.05) is 57.5 Å². The van der Waals surface area contributed by atoms with E-state index in [0.29, 0.717) is 50.3 Å². The standard InChI is InChI=1S/C38H47ClN4O5S2.C2H6/c1-25-21-43-23-38(17-8-9-28-19-30(39)12-14-32(28)38)24-48-35-15-11-29(20-33(35)43)37(45)42-50(46,18-7-5-6-10-34(47-4)26(25)2)22-31(44)13-16-36-41-40-27(3)49-36;1-2/h6,10-12,14-15,19-20,25-26,34H,5,7-9,13,16-18,21-24H2,1-4H3;1-2H3/b10-6+;/t25-,26+,34-,38-,50+;/m0./s1. The lowest BCUT2D eigenvalue weighted by Gasteiger charge is -2.42. The second-order valence-corrected chi connectivity index (χ2v) is 18.3. The molecule has 5 atom stereocenters. The highest BCUT2D eigenvalue weighted by Gasteiger charge is 2.42. The molecule has 1 spiro atoms. The molecule has 6 rings (SSSR count). The zero-order valence-electron chi connectivity index (χ0n) is 31.4. The molecule has 282 valence electrons. The number of carbonyl (C=O) groups is 2. The van der Waals surface area contributed by atoms with Gasteiger partial charge in [-0.05, 0) is 92.3 Å². The maximum Gasteiger partial charge on any atom is 0.285 e. The number of hydrogen-bond donors (Lipinski definition) is 0. The smallest absolute Gasteiger partial charge is 0.285 e. The summed E-state index contributed by atoms with van der Waals surface area (Å²) in [5, 5.41) is 10.5. The molecule has 2 bridgehead atoms. The Balaban J connectivity index is 0.00000257. The lowest BCUT2D eigenvalue weighted by Crippen LogP contribution is -2.47. The largest absolute Gasteiger partial charge is 0.490 e. The molecule has 0 fully saturated rings. The Morgan fingerprint density at radius 3 is 2.71 bits per heavy atom. The third kappa shape index (κ3) is 9.51. The van der Waals surface area contributed by atoms with Crippen LogP contribution in [0.3, 0.4) is 0 Å². The van der Waals surface area contributed by atoms with Gasteiger partial charge in [-0.2, -0.15) is 4.36 Å². The second-order valence-electron chi connectivity index (χ2n) is 14.2. The van der Waals surface area contributed by atoms with E-state index in [1.807, 2.05) is 39.0 Å². The predicted octanol–water partition coefficient (Wildman–Crippen LogP) is 8.45. The predicted molar refractivity (Wildman–Crippen MR) is 212 cm³/mol. The van der Waals surface area contributed by atoms with Crippen LogP contribution in [0.15, 0.2) is 52.9 Å². The first-order valence-corrected chi connectivity index (χ1v) is 21.6. The van der Waals surface area contributed by atoms with E-state index >= 15 is 0 Å². The van der Waals surface area contributed by atoms with Crippen molar-refractivity contribution in [1.29, 1.82) is 0 Å². The lowest BCUT2D eigenvalue weighted by molar-refractivity contribution is -0.116. The highest BCUT2D eigenvalue weighted by atomic mass is 35.5. The number of carbonyl (C=O) groups excluding carboxylic acids is 2. The molecule has 2 aliphatic heterocycles. The number of nitrogens with zero attached hydrogens (tertiary/aromatic N) is 4. The number of aryl methyl sites for hydroxylation is 3. The number of ketones is 1. The zero-order chi connectivity index (χ0) is 37.5. The monoisotopic (exact) mass is 768 g/mol. The van der Waals surface area contributed by atoms with Crippen LogP contribution in [0.4, 0.5) is 5.69 Å². The topological polar surface area (TPSA) is 111 Å². The van der Waals surface area contributed by atoms with E-state index in [9.17, 15) is 13.8 Å². The van der Waals surface area contributed by atoms with Crippen molar-refractivity contribution in [1.82, 2.24) is 10.2 Å². The van der Waals surface area contributed by atoms with Crippen LogP contribution >= 0.6 is 22.9 Å². The van der Waals surface area contributed by atoms with Crippen molar-refractivity contribution < 1.29 is 23.3 Å². The molecule has 1 aromatic heterocycles. The van der Waals surface area contributed by atoms with E-state index in [0.717, 1.165) is 40.0 Å². The summed E-state index contributed by atoms with van der Waals surface area (Å²) >= 11 is 7.89. The highest BCUT2D eigenvalue weighted by Crippen LogP contribution is 2.45. The average molecular weight is 769 g/mol. The minimum Gasteiger partial charge on any atom is -0.490 e. The molecule has 1 amide bonds. The van der Waals surface area contributed by atoms with Gasteiger partial charge >= 0.3 is 0 Å². The van der Waals surface area contributed by atoms with Crippen molar-refractivity contribution in [3.63, 3.8) is 0 Å². The molecule has 3 aromatic rings. The summed E-state index contributed by atoms with van der Waals surface area (Å²) in [6, 6.07) is 11.6. The molecule has 52 heavy (non-hydrogen) atoms. The molecule has 9 nitrogen and oxygen atoms in total. The summed E-state index contributed by atoms with van der Waals surface area (Å²) in [5.74, 6) is 0.198. The van der Waals surface area contributed by atoms with Crippen LogP contribution in [-0.2, 0) is 37.5 Å². The summed E-state index contributed by atoms with van der Waals surface area (Å²) in [5.41, 5.74) is 3.41. The van der Waals surface area contributed by atoms with Crippen LogP contribution in [0.1, 0.15) is 91.3 Å². The van der Waals surface area contributed by atoms with Crippen molar-refractivity contribution >= 4 is 50.0 Å². The average Bonchev–Trinajstić information content (AvgIpc) is 3.49. The third-order valence-electron chi connectivity index (χ3n) is 10.5. The van der Waals surface area contributed by atoms with Gasteiger partial charge in [0.15, 0.2) is 0 Å². The SMILES string of the molecule is CC.CO[C@H]1/C=C/CCC[S@@](=O)(CC(=O)CCc2nnc(C)s2)=NC(=O)c2ccc3c(c2)N(C[C@H](C)[C@H]1C)C[C@@]1(CCCc2cc(Cl)ccc21)CO3. The van der Waals surface area contributed by atoms with E-state index in [1.165, 1.54) is 22.5 Å². The van der Waals surface area contributed by atoms with E-state index in [2.05, 4.69) is 57.6 Å². The number of methoxy groups -OCH3 is 1. The van der Waals surface area contributed by atoms with Gasteiger partial charge in [-0.15, -0.1) is 21.5 Å². The Morgan fingerprint density at radius 1 is 1.15 bits per heavy atom. The van der Waals surface area contributed by atoms with Gasteiger partial charge in [-0.25, -0.2) is 4.21 Å². The highest BCUT2D eigenvalue weighted by molar-refractivity contribution is 7.94. The molecular weight excluding hydrogens is 716 g/mol. The molecule has 1 aliphatic carbocycles. The molecule has 0 unspecified atom stereocenters. The summed E-state index contributed by atoms with van der Waals surface area (Å²) in [6.45, 7) is 12.3. The van der Waals surface area contributed by atoms with Gasteiger partial charge in [0.1, 0.15) is 21.5 Å². The number of benzene rings is 2. The van der Waals surface area contributed by atoms with Gasteiger partial charge in [-0.3, -0.25) is 9.59 Å². The summed E-state index contributed by atoms with van der Waals surface area (Å²) in [4.78, 5) is 29.4. The Kier molecular flexibility index (Phi) is 13.7. The number of anilines is 1. The van der Waals surface area contributed by atoms with Gasteiger partial charge < -0.3 is 14.4 Å². The van der Waals surface area contributed by atoms with E-state index < -0.39 is 15.6 Å². The molecule has 12 heteroatoms.